The van der Waals surface area contributed by atoms with E-state index in [0.29, 0.717) is 5.69 Å². The Hall–Kier alpha value is -2.17. The zero-order valence-corrected chi connectivity index (χ0v) is 8.71. The van der Waals surface area contributed by atoms with Crippen LogP contribution in [0.4, 0.5) is 10.5 Å². The number of aryl methyl sites for hydroxylation is 1. The Balaban J connectivity index is 2.36. The first-order chi connectivity index (χ1) is 7.68. The van der Waals surface area contributed by atoms with Gasteiger partial charge in [0.25, 0.3) is 0 Å². The van der Waals surface area contributed by atoms with Crippen LogP contribution < -0.4 is 4.90 Å². The van der Waals surface area contributed by atoms with Gasteiger partial charge in [0.05, 0.1) is 5.69 Å². The summed E-state index contributed by atoms with van der Waals surface area (Å²) >= 11 is 0. The molecule has 0 unspecified atom stereocenters. The van der Waals surface area contributed by atoms with Crippen LogP contribution in [-0.2, 0) is 9.47 Å². The minimum Gasteiger partial charge on any atom is -0.464 e. The van der Waals surface area contributed by atoms with Crippen molar-refractivity contribution in [3.63, 3.8) is 0 Å². The van der Waals surface area contributed by atoms with Crippen LogP contribution in [0.5, 0.6) is 0 Å². The average Bonchev–Trinajstić information content (AvgIpc) is 2.71. The first-order valence-corrected chi connectivity index (χ1v) is 4.73. The van der Waals surface area contributed by atoms with Crippen LogP contribution in [-0.4, -0.2) is 18.0 Å². The summed E-state index contributed by atoms with van der Waals surface area (Å²) in [4.78, 5) is 12.2. The molecule has 0 aromatic heterocycles. The molecule has 0 spiro atoms. The SMILES string of the molecule is Cc1cccc(N(C(=O)O)C2=COCO2)c1. The van der Waals surface area contributed by atoms with Crippen LogP contribution in [0, 0.1) is 6.92 Å². The molecule has 0 saturated heterocycles. The van der Waals surface area contributed by atoms with Crippen molar-refractivity contribution >= 4 is 11.8 Å². The van der Waals surface area contributed by atoms with Crippen molar-refractivity contribution in [3.8, 4) is 0 Å². The number of hydrogen-bond acceptors (Lipinski definition) is 3. The van der Waals surface area contributed by atoms with E-state index in [1.165, 1.54) is 6.26 Å². The lowest BCUT2D eigenvalue weighted by molar-refractivity contribution is 0.0782. The number of carboxylic acid groups (broad SMARTS) is 1. The van der Waals surface area contributed by atoms with Gasteiger partial charge in [-0.3, -0.25) is 0 Å². The van der Waals surface area contributed by atoms with E-state index >= 15 is 0 Å². The molecule has 0 fully saturated rings. The molecule has 1 amide bonds. The molecule has 5 nitrogen and oxygen atoms in total. The molecule has 1 N–H and O–H groups in total. The molecule has 1 aliphatic rings. The summed E-state index contributed by atoms with van der Waals surface area (Å²) in [7, 11) is 0. The highest BCUT2D eigenvalue weighted by Gasteiger charge is 2.23. The second-order valence-electron chi connectivity index (χ2n) is 3.34. The summed E-state index contributed by atoms with van der Waals surface area (Å²) < 4.78 is 9.91. The van der Waals surface area contributed by atoms with Crippen LogP contribution in [0.15, 0.2) is 36.4 Å². The molecule has 1 heterocycles. The zero-order valence-electron chi connectivity index (χ0n) is 8.71. The summed E-state index contributed by atoms with van der Waals surface area (Å²) in [6, 6.07) is 7.14. The van der Waals surface area contributed by atoms with E-state index in [-0.39, 0.29) is 12.7 Å². The molecule has 1 aromatic rings. The van der Waals surface area contributed by atoms with Gasteiger partial charge in [0.1, 0.15) is 6.26 Å². The highest BCUT2D eigenvalue weighted by Crippen LogP contribution is 2.23. The molecule has 0 atom stereocenters. The number of nitrogens with zero attached hydrogens (tertiary/aromatic N) is 1. The zero-order chi connectivity index (χ0) is 11.5. The molecular formula is C11H11NO4. The van der Waals surface area contributed by atoms with E-state index < -0.39 is 6.09 Å². The molecule has 0 radical (unpaired) electrons. The third-order valence-electron chi connectivity index (χ3n) is 2.13. The molecule has 0 saturated carbocycles. The monoisotopic (exact) mass is 221 g/mol. The maximum atomic E-state index is 11.1. The maximum absolute atomic E-state index is 11.1. The van der Waals surface area contributed by atoms with Crippen molar-refractivity contribution in [2.45, 2.75) is 6.92 Å². The molecule has 5 heteroatoms. The second-order valence-corrected chi connectivity index (χ2v) is 3.34. The van der Waals surface area contributed by atoms with Crippen LogP contribution in [0.25, 0.3) is 0 Å². The molecular weight excluding hydrogens is 210 g/mol. The average molecular weight is 221 g/mol. The van der Waals surface area contributed by atoms with Crippen LogP contribution in [0.2, 0.25) is 0 Å². The number of amides is 1. The topological polar surface area (TPSA) is 59.0 Å². The predicted octanol–water partition coefficient (Wildman–Crippen LogP) is 2.28. The standard InChI is InChI=1S/C11H11NO4/c1-8-3-2-4-9(5-8)12(11(13)14)10-6-15-7-16-10/h2-6H,7H2,1H3,(H,13,14). The summed E-state index contributed by atoms with van der Waals surface area (Å²) in [5, 5.41) is 9.13. The Morgan fingerprint density at radius 3 is 2.88 bits per heavy atom. The summed E-state index contributed by atoms with van der Waals surface area (Å²) in [5.74, 6) is 0.179. The molecule has 2 rings (SSSR count). The lowest BCUT2D eigenvalue weighted by Gasteiger charge is -2.18. The Kier molecular flexibility index (Phi) is 2.68. The molecule has 84 valence electrons. The van der Waals surface area contributed by atoms with Gasteiger partial charge in [-0.15, -0.1) is 0 Å². The van der Waals surface area contributed by atoms with Gasteiger partial charge < -0.3 is 14.6 Å². The molecule has 0 bridgehead atoms. The maximum Gasteiger partial charge on any atom is 0.418 e. The number of anilines is 1. The summed E-state index contributed by atoms with van der Waals surface area (Å²) in [6.45, 7) is 1.94. The fourth-order valence-corrected chi connectivity index (χ4v) is 1.45. The molecule has 1 aliphatic heterocycles. The molecule has 16 heavy (non-hydrogen) atoms. The lowest BCUT2D eigenvalue weighted by atomic mass is 10.2. The van der Waals surface area contributed by atoms with Gasteiger partial charge in [-0.25, -0.2) is 9.69 Å². The van der Waals surface area contributed by atoms with E-state index in [4.69, 9.17) is 14.6 Å². The van der Waals surface area contributed by atoms with Crippen molar-refractivity contribution < 1.29 is 19.4 Å². The van der Waals surface area contributed by atoms with Crippen molar-refractivity contribution in [1.82, 2.24) is 0 Å². The number of benzene rings is 1. The van der Waals surface area contributed by atoms with Crippen molar-refractivity contribution in [1.29, 1.82) is 0 Å². The van der Waals surface area contributed by atoms with Crippen molar-refractivity contribution in [3.05, 3.63) is 42.0 Å². The lowest BCUT2D eigenvalue weighted by Crippen LogP contribution is -2.28. The van der Waals surface area contributed by atoms with Gasteiger partial charge in [0.2, 0.25) is 12.7 Å². The van der Waals surface area contributed by atoms with Gasteiger partial charge in [-0.2, -0.15) is 0 Å². The first-order valence-electron chi connectivity index (χ1n) is 4.73. The van der Waals surface area contributed by atoms with Crippen LogP contribution in [0.1, 0.15) is 5.56 Å². The fraction of sp³-hybridized carbons (Fsp3) is 0.182. The van der Waals surface area contributed by atoms with Gasteiger partial charge in [-0.1, -0.05) is 12.1 Å². The predicted molar refractivity (Wildman–Crippen MR) is 56.8 cm³/mol. The van der Waals surface area contributed by atoms with E-state index in [0.717, 1.165) is 10.5 Å². The quantitative estimate of drug-likeness (QED) is 0.832. The van der Waals surface area contributed by atoms with Crippen LogP contribution >= 0.6 is 0 Å². The fourth-order valence-electron chi connectivity index (χ4n) is 1.45. The molecule has 0 aliphatic carbocycles. The normalized spacial score (nSPS) is 13.7. The largest absolute Gasteiger partial charge is 0.464 e. The van der Waals surface area contributed by atoms with Gasteiger partial charge in [0.15, 0.2) is 0 Å². The van der Waals surface area contributed by atoms with Crippen molar-refractivity contribution in [2.75, 3.05) is 11.7 Å². The second kappa shape index (κ2) is 4.14. The minimum absolute atomic E-state index is 0.0466. The van der Waals surface area contributed by atoms with E-state index in [1.54, 1.807) is 18.2 Å². The van der Waals surface area contributed by atoms with Gasteiger partial charge in [0, 0.05) is 0 Å². The highest BCUT2D eigenvalue weighted by atomic mass is 16.7. The first kappa shape index (κ1) is 10.4. The summed E-state index contributed by atoms with van der Waals surface area (Å²) in [5.41, 5.74) is 1.51. The van der Waals surface area contributed by atoms with E-state index in [1.807, 2.05) is 13.0 Å². The minimum atomic E-state index is -1.11. The van der Waals surface area contributed by atoms with Gasteiger partial charge >= 0.3 is 6.09 Å². The highest BCUT2D eigenvalue weighted by molar-refractivity contribution is 5.89. The Morgan fingerprint density at radius 2 is 2.31 bits per heavy atom. The third kappa shape index (κ3) is 1.93. The number of hydrogen-bond donors (Lipinski definition) is 1. The number of ether oxygens (including phenoxy) is 2. The summed E-state index contributed by atoms with van der Waals surface area (Å²) in [6.07, 6.45) is 0.179. The van der Waals surface area contributed by atoms with Crippen LogP contribution in [0.3, 0.4) is 0 Å². The molecule has 1 aromatic carbocycles. The number of rotatable bonds is 2. The third-order valence-corrected chi connectivity index (χ3v) is 2.13. The Morgan fingerprint density at radius 1 is 1.50 bits per heavy atom. The van der Waals surface area contributed by atoms with Gasteiger partial charge in [-0.05, 0) is 24.6 Å². The Labute approximate surface area is 92.5 Å². The van der Waals surface area contributed by atoms with E-state index in [9.17, 15) is 4.79 Å². The van der Waals surface area contributed by atoms with E-state index in [2.05, 4.69) is 0 Å². The Bertz CT molecular complexity index is 441. The van der Waals surface area contributed by atoms with Crippen molar-refractivity contribution in [2.24, 2.45) is 0 Å². The smallest absolute Gasteiger partial charge is 0.418 e. The number of carbonyl (C=O) groups is 1.